The molecule has 1 aromatic heterocycles. The summed E-state index contributed by atoms with van der Waals surface area (Å²) in [6.07, 6.45) is -0.659. The van der Waals surface area contributed by atoms with E-state index >= 15 is 0 Å². The number of ether oxygens (including phenoxy) is 1. The van der Waals surface area contributed by atoms with Crippen LogP contribution in [0.4, 0.5) is 0 Å². The molecule has 2 heterocycles. The Morgan fingerprint density at radius 3 is 2.88 bits per heavy atom. The molecule has 0 fully saturated rings. The highest BCUT2D eigenvalue weighted by Gasteiger charge is 2.29. The molecule has 1 aliphatic heterocycles. The predicted molar refractivity (Wildman–Crippen MR) is 94.4 cm³/mol. The van der Waals surface area contributed by atoms with Crippen molar-refractivity contribution in [1.29, 1.82) is 0 Å². The lowest BCUT2D eigenvalue weighted by Crippen LogP contribution is -2.39. The average Bonchev–Trinajstić information content (AvgIpc) is 3.23. The molecule has 1 amide bonds. The summed E-state index contributed by atoms with van der Waals surface area (Å²) in [5.41, 5.74) is 1.04. The molecule has 0 aliphatic carbocycles. The van der Waals surface area contributed by atoms with E-state index in [4.69, 9.17) is 4.74 Å². The first-order valence-corrected chi connectivity index (χ1v) is 8.71. The molecule has 2 N–H and O–H groups in total. The zero-order valence-electron chi connectivity index (χ0n) is 12.9. The number of thiophene rings is 1. The van der Waals surface area contributed by atoms with Crippen LogP contribution < -0.4 is 10.1 Å². The molecule has 122 valence electrons. The molecule has 24 heavy (non-hydrogen) atoms. The van der Waals surface area contributed by atoms with E-state index in [0.29, 0.717) is 6.42 Å². The van der Waals surface area contributed by atoms with Crippen molar-refractivity contribution in [1.82, 2.24) is 5.32 Å². The van der Waals surface area contributed by atoms with Crippen LogP contribution in [0.1, 0.15) is 16.5 Å². The molecular weight excluding hydrogens is 322 g/mol. The first kappa shape index (κ1) is 15.2. The quantitative estimate of drug-likeness (QED) is 0.768. The number of fused-ring (bicyclic) bond motifs is 2. The number of carbonyl (C=O) groups is 1. The number of rotatable bonds is 4. The number of aliphatic hydroxyl groups excluding tert-OH is 1. The maximum Gasteiger partial charge on any atom is 0.261 e. The monoisotopic (exact) mass is 339 g/mol. The SMILES string of the molecule is O=C(NCC(O)c1cc2ccccc2s1)C1Cc2ccccc2O1. The number of carbonyl (C=O) groups excluding carboxylic acids is 1. The maximum atomic E-state index is 12.3. The fourth-order valence-electron chi connectivity index (χ4n) is 2.91. The van der Waals surface area contributed by atoms with Gasteiger partial charge in [0.2, 0.25) is 0 Å². The van der Waals surface area contributed by atoms with Crippen LogP contribution in [-0.2, 0) is 11.2 Å². The van der Waals surface area contributed by atoms with E-state index < -0.39 is 12.2 Å². The Balaban J connectivity index is 1.37. The van der Waals surface area contributed by atoms with E-state index in [1.807, 2.05) is 54.6 Å². The van der Waals surface area contributed by atoms with Crippen LogP contribution >= 0.6 is 11.3 Å². The van der Waals surface area contributed by atoms with Crippen molar-refractivity contribution in [3.8, 4) is 5.75 Å². The molecule has 0 spiro atoms. The largest absolute Gasteiger partial charge is 0.480 e. The molecule has 4 rings (SSSR count). The molecule has 0 saturated carbocycles. The van der Waals surface area contributed by atoms with E-state index in [0.717, 1.165) is 26.3 Å². The van der Waals surface area contributed by atoms with E-state index in [2.05, 4.69) is 5.32 Å². The Morgan fingerprint density at radius 1 is 1.25 bits per heavy atom. The molecule has 0 saturated heterocycles. The Morgan fingerprint density at radius 2 is 2.04 bits per heavy atom. The van der Waals surface area contributed by atoms with Crippen LogP contribution in [0.15, 0.2) is 54.6 Å². The van der Waals surface area contributed by atoms with E-state index in [1.165, 1.54) is 0 Å². The number of benzene rings is 2. The van der Waals surface area contributed by atoms with Gasteiger partial charge in [0, 0.05) is 22.5 Å². The number of hydrogen-bond acceptors (Lipinski definition) is 4. The molecule has 0 bridgehead atoms. The highest BCUT2D eigenvalue weighted by Crippen LogP contribution is 2.30. The molecule has 0 radical (unpaired) electrons. The van der Waals surface area contributed by atoms with Crippen LogP contribution in [0.3, 0.4) is 0 Å². The topological polar surface area (TPSA) is 58.6 Å². The molecular formula is C19H17NO3S. The van der Waals surface area contributed by atoms with Gasteiger partial charge in [-0.3, -0.25) is 4.79 Å². The summed E-state index contributed by atoms with van der Waals surface area (Å²) in [6.45, 7) is 0.182. The number of amides is 1. The van der Waals surface area contributed by atoms with Crippen LogP contribution in [0, 0.1) is 0 Å². The smallest absolute Gasteiger partial charge is 0.261 e. The van der Waals surface area contributed by atoms with Crippen LogP contribution in [0.5, 0.6) is 5.75 Å². The third-order valence-corrected chi connectivity index (χ3v) is 5.40. The minimum atomic E-state index is -0.713. The van der Waals surface area contributed by atoms with Crippen molar-refractivity contribution in [3.05, 3.63) is 65.0 Å². The third-order valence-electron chi connectivity index (χ3n) is 4.18. The van der Waals surface area contributed by atoms with Crippen LogP contribution in [0.2, 0.25) is 0 Å². The van der Waals surface area contributed by atoms with Gasteiger partial charge in [0.1, 0.15) is 11.9 Å². The molecule has 4 nitrogen and oxygen atoms in total. The van der Waals surface area contributed by atoms with Crippen molar-refractivity contribution in [2.45, 2.75) is 18.6 Å². The molecule has 3 aromatic rings. The van der Waals surface area contributed by atoms with Crippen molar-refractivity contribution >= 4 is 27.3 Å². The second-order valence-electron chi connectivity index (χ2n) is 5.87. The highest BCUT2D eigenvalue weighted by atomic mass is 32.1. The Labute approximate surface area is 143 Å². The average molecular weight is 339 g/mol. The number of hydrogen-bond donors (Lipinski definition) is 2. The standard InChI is InChI=1S/C19H17NO3S/c21-14(18-10-13-6-2-4-8-17(13)24-18)11-20-19(22)16-9-12-5-1-3-7-15(12)23-16/h1-8,10,14,16,21H,9,11H2,(H,20,22). The maximum absolute atomic E-state index is 12.3. The fraction of sp³-hybridized carbons (Fsp3) is 0.211. The summed E-state index contributed by atoms with van der Waals surface area (Å²) < 4.78 is 6.80. The zero-order valence-corrected chi connectivity index (χ0v) is 13.8. The van der Waals surface area contributed by atoms with Crippen molar-refractivity contribution in [2.24, 2.45) is 0 Å². The van der Waals surface area contributed by atoms with Crippen molar-refractivity contribution in [2.75, 3.05) is 6.54 Å². The molecule has 5 heteroatoms. The predicted octanol–water partition coefficient (Wildman–Crippen LogP) is 3.05. The van der Waals surface area contributed by atoms with Crippen molar-refractivity contribution in [3.63, 3.8) is 0 Å². The number of para-hydroxylation sites is 1. The van der Waals surface area contributed by atoms with Gasteiger partial charge < -0.3 is 15.2 Å². The second kappa shape index (κ2) is 6.26. The first-order chi connectivity index (χ1) is 11.7. The lowest BCUT2D eigenvalue weighted by atomic mass is 10.1. The number of aliphatic hydroxyl groups is 1. The van der Waals surface area contributed by atoms with Gasteiger partial charge in [0.05, 0.1) is 0 Å². The molecule has 1 aliphatic rings. The Bertz CT molecular complexity index is 831. The first-order valence-electron chi connectivity index (χ1n) is 7.89. The fourth-order valence-corrected chi connectivity index (χ4v) is 3.96. The second-order valence-corrected chi connectivity index (χ2v) is 6.98. The molecule has 2 unspecified atom stereocenters. The highest BCUT2D eigenvalue weighted by molar-refractivity contribution is 7.19. The summed E-state index contributed by atoms with van der Waals surface area (Å²) in [6, 6.07) is 17.6. The Hall–Kier alpha value is -2.37. The Kier molecular flexibility index (Phi) is 3.96. The van der Waals surface area contributed by atoms with Gasteiger partial charge in [-0.25, -0.2) is 0 Å². The lowest BCUT2D eigenvalue weighted by molar-refractivity contribution is -0.127. The van der Waals surface area contributed by atoms with Crippen LogP contribution in [-0.4, -0.2) is 23.7 Å². The van der Waals surface area contributed by atoms with E-state index in [1.54, 1.807) is 11.3 Å². The number of nitrogens with one attached hydrogen (secondary N) is 1. The zero-order chi connectivity index (χ0) is 16.5. The van der Waals surface area contributed by atoms with Gasteiger partial charge in [0.15, 0.2) is 6.10 Å². The minimum absolute atomic E-state index is 0.182. The molecule has 2 atom stereocenters. The van der Waals surface area contributed by atoms with Gasteiger partial charge in [-0.2, -0.15) is 0 Å². The van der Waals surface area contributed by atoms with Gasteiger partial charge in [0.25, 0.3) is 5.91 Å². The lowest BCUT2D eigenvalue weighted by Gasteiger charge is -2.14. The summed E-state index contributed by atoms with van der Waals surface area (Å²) >= 11 is 1.55. The summed E-state index contributed by atoms with van der Waals surface area (Å²) in [7, 11) is 0. The summed E-state index contributed by atoms with van der Waals surface area (Å²) in [5.74, 6) is 0.578. The van der Waals surface area contributed by atoms with Crippen molar-refractivity contribution < 1.29 is 14.6 Å². The van der Waals surface area contributed by atoms with E-state index in [9.17, 15) is 9.90 Å². The van der Waals surface area contributed by atoms with Gasteiger partial charge in [-0.05, 0) is 29.1 Å². The molecule has 2 aromatic carbocycles. The van der Waals surface area contributed by atoms with Crippen LogP contribution in [0.25, 0.3) is 10.1 Å². The van der Waals surface area contributed by atoms with E-state index in [-0.39, 0.29) is 12.5 Å². The van der Waals surface area contributed by atoms with Gasteiger partial charge >= 0.3 is 0 Å². The summed E-state index contributed by atoms with van der Waals surface area (Å²) in [4.78, 5) is 13.1. The summed E-state index contributed by atoms with van der Waals surface area (Å²) in [5, 5.41) is 14.2. The van der Waals surface area contributed by atoms with Gasteiger partial charge in [-0.1, -0.05) is 36.4 Å². The normalized spacial score (nSPS) is 17.3. The third kappa shape index (κ3) is 2.88. The minimum Gasteiger partial charge on any atom is -0.480 e. The van der Waals surface area contributed by atoms with Gasteiger partial charge in [-0.15, -0.1) is 11.3 Å².